The molecule has 1 aliphatic rings. The average molecular weight is 433 g/mol. The van der Waals surface area contributed by atoms with Crippen LogP contribution in [-0.2, 0) is 32.1 Å². The van der Waals surface area contributed by atoms with Gasteiger partial charge in [-0.15, -0.1) is 0 Å². The monoisotopic (exact) mass is 432 g/mol. The van der Waals surface area contributed by atoms with E-state index in [1.54, 1.807) is 40.0 Å². The molecule has 1 saturated carbocycles. The van der Waals surface area contributed by atoms with Crippen molar-refractivity contribution in [1.29, 1.82) is 0 Å². The van der Waals surface area contributed by atoms with Gasteiger partial charge < -0.3 is 19.7 Å². The summed E-state index contributed by atoms with van der Waals surface area (Å²) in [5, 5.41) is 21.1. The predicted octanol–water partition coefficient (Wildman–Crippen LogP) is 3.08. The number of rotatable bonds is 9. The highest BCUT2D eigenvalue weighted by Crippen LogP contribution is 2.35. The topological polar surface area (TPSA) is 93.1 Å². The molecular weight excluding hydrogens is 396 g/mol. The zero-order valence-corrected chi connectivity index (χ0v) is 19.2. The molecule has 31 heavy (non-hydrogen) atoms. The standard InChI is InChI=1S/C25H36O6/c1-16(14-31-24(29)25(2,3)4)22-21(27)13-19(23(22)28)9-10-20(26)12-17-7-6-8-18(11-17)15-30-5/h6-11,16,19-20,22-23,26,28H,12-15H2,1-5H3/b10-9+/t16?,19-,20+,22?,23-/m0/s1. The zero-order valence-electron chi connectivity index (χ0n) is 19.2. The summed E-state index contributed by atoms with van der Waals surface area (Å²) < 4.78 is 10.5. The maximum atomic E-state index is 12.5. The third-order valence-electron chi connectivity index (χ3n) is 5.65. The number of hydrogen-bond donors (Lipinski definition) is 2. The Morgan fingerprint density at radius 3 is 2.61 bits per heavy atom. The second-order valence-corrected chi connectivity index (χ2v) is 9.59. The number of carbonyl (C=O) groups excluding carboxylic acids is 2. The first-order chi connectivity index (χ1) is 14.5. The summed E-state index contributed by atoms with van der Waals surface area (Å²) in [6.45, 7) is 7.75. The van der Waals surface area contributed by atoms with Crippen LogP contribution in [0.4, 0.5) is 0 Å². The lowest BCUT2D eigenvalue weighted by molar-refractivity contribution is -0.155. The summed E-state index contributed by atoms with van der Waals surface area (Å²) in [7, 11) is 1.64. The molecule has 1 fully saturated rings. The lowest BCUT2D eigenvalue weighted by Gasteiger charge is -2.24. The molecular formula is C25H36O6. The number of ketones is 1. The van der Waals surface area contributed by atoms with Crippen LogP contribution in [0.25, 0.3) is 0 Å². The molecule has 0 amide bonds. The summed E-state index contributed by atoms with van der Waals surface area (Å²) in [6, 6.07) is 7.83. The van der Waals surface area contributed by atoms with E-state index in [4.69, 9.17) is 9.47 Å². The molecule has 2 rings (SSSR count). The second kappa shape index (κ2) is 11.0. The van der Waals surface area contributed by atoms with Crippen LogP contribution < -0.4 is 0 Å². The number of Topliss-reactive ketones (excluding diaryl/α,β-unsaturated/α-hetero) is 1. The van der Waals surface area contributed by atoms with Crippen molar-refractivity contribution in [1.82, 2.24) is 0 Å². The molecule has 172 valence electrons. The fourth-order valence-corrected chi connectivity index (χ4v) is 3.90. The molecule has 1 aromatic carbocycles. The molecule has 6 nitrogen and oxygen atoms in total. The highest BCUT2D eigenvalue weighted by molar-refractivity contribution is 5.85. The molecule has 5 atom stereocenters. The summed E-state index contributed by atoms with van der Waals surface area (Å²) >= 11 is 0. The minimum Gasteiger partial charge on any atom is -0.465 e. The van der Waals surface area contributed by atoms with Gasteiger partial charge >= 0.3 is 5.97 Å². The van der Waals surface area contributed by atoms with E-state index in [2.05, 4.69) is 0 Å². The van der Waals surface area contributed by atoms with Gasteiger partial charge in [-0.2, -0.15) is 0 Å². The lowest BCUT2D eigenvalue weighted by Crippen LogP contribution is -2.33. The van der Waals surface area contributed by atoms with Gasteiger partial charge in [-0.3, -0.25) is 9.59 Å². The Morgan fingerprint density at radius 2 is 1.97 bits per heavy atom. The van der Waals surface area contributed by atoms with Gasteiger partial charge in [0.15, 0.2) is 0 Å². The number of methoxy groups -OCH3 is 1. The first kappa shape index (κ1) is 25.2. The molecule has 1 aliphatic carbocycles. The summed E-state index contributed by atoms with van der Waals surface area (Å²) in [6.07, 6.45) is 2.47. The van der Waals surface area contributed by atoms with Crippen molar-refractivity contribution in [3.8, 4) is 0 Å². The fraction of sp³-hybridized carbons (Fsp3) is 0.600. The van der Waals surface area contributed by atoms with Crippen LogP contribution in [0.2, 0.25) is 0 Å². The molecule has 0 spiro atoms. The van der Waals surface area contributed by atoms with Crippen LogP contribution in [0.1, 0.15) is 45.2 Å². The van der Waals surface area contributed by atoms with E-state index in [-0.39, 0.29) is 36.6 Å². The largest absolute Gasteiger partial charge is 0.465 e. The van der Waals surface area contributed by atoms with Gasteiger partial charge in [-0.05, 0) is 31.9 Å². The number of aliphatic hydroxyl groups is 2. The minimum absolute atomic E-state index is 0.0387. The molecule has 2 N–H and O–H groups in total. The van der Waals surface area contributed by atoms with Crippen molar-refractivity contribution in [2.45, 2.75) is 59.4 Å². The number of esters is 1. The molecule has 0 radical (unpaired) electrons. The Labute approximate surface area is 185 Å². The zero-order chi connectivity index (χ0) is 23.2. The van der Waals surface area contributed by atoms with Crippen LogP contribution in [-0.4, -0.2) is 47.9 Å². The minimum atomic E-state index is -0.857. The van der Waals surface area contributed by atoms with Crippen molar-refractivity contribution in [3.63, 3.8) is 0 Å². The normalized spacial score (nSPS) is 23.8. The van der Waals surface area contributed by atoms with Crippen LogP contribution >= 0.6 is 0 Å². The van der Waals surface area contributed by atoms with E-state index in [0.717, 1.165) is 11.1 Å². The summed E-state index contributed by atoms with van der Waals surface area (Å²) in [5.74, 6) is -1.57. The first-order valence-electron chi connectivity index (χ1n) is 10.8. The van der Waals surface area contributed by atoms with E-state index in [9.17, 15) is 19.8 Å². The number of carbonyl (C=O) groups is 2. The van der Waals surface area contributed by atoms with Crippen LogP contribution in [0.5, 0.6) is 0 Å². The number of ether oxygens (including phenoxy) is 2. The Bertz CT molecular complexity index is 778. The predicted molar refractivity (Wildman–Crippen MR) is 118 cm³/mol. The number of aliphatic hydroxyl groups excluding tert-OH is 2. The molecule has 2 unspecified atom stereocenters. The second-order valence-electron chi connectivity index (χ2n) is 9.59. The third kappa shape index (κ3) is 7.27. The molecule has 0 heterocycles. The smallest absolute Gasteiger partial charge is 0.311 e. The maximum Gasteiger partial charge on any atom is 0.311 e. The fourth-order valence-electron chi connectivity index (χ4n) is 3.90. The van der Waals surface area contributed by atoms with Crippen molar-refractivity contribution in [2.75, 3.05) is 13.7 Å². The molecule has 0 bridgehead atoms. The third-order valence-corrected chi connectivity index (χ3v) is 5.65. The van der Waals surface area contributed by atoms with Crippen LogP contribution in [0.15, 0.2) is 36.4 Å². The molecule has 0 saturated heterocycles. The van der Waals surface area contributed by atoms with Gasteiger partial charge in [-0.25, -0.2) is 0 Å². The highest BCUT2D eigenvalue weighted by Gasteiger charge is 2.43. The van der Waals surface area contributed by atoms with Crippen molar-refractivity contribution < 1.29 is 29.3 Å². The number of benzene rings is 1. The van der Waals surface area contributed by atoms with Crippen molar-refractivity contribution in [3.05, 3.63) is 47.5 Å². The lowest BCUT2D eigenvalue weighted by atomic mass is 9.88. The first-order valence-corrected chi connectivity index (χ1v) is 10.8. The highest BCUT2D eigenvalue weighted by atomic mass is 16.5. The molecule has 0 aromatic heterocycles. The quantitative estimate of drug-likeness (QED) is 0.460. The van der Waals surface area contributed by atoms with Crippen molar-refractivity contribution in [2.24, 2.45) is 23.2 Å². The maximum absolute atomic E-state index is 12.5. The van der Waals surface area contributed by atoms with E-state index in [1.165, 1.54) is 0 Å². The SMILES string of the molecule is COCc1cccc(C[C@H](O)/C=C/[C@H]2CC(=O)C(C(C)COC(=O)C(C)(C)C)[C@H]2O)c1. The van der Waals surface area contributed by atoms with Crippen LogP contribution in [0.3, 0.4) is 0 Å². The van der Waals surface area contributed by atoms with E-state index < -0.39 is 23.5 Å². The average Bonchev–Trinajstić information content (AvgIpc) is 2.97. The van der Waals surface area contributed by atoms with Gasteiger partial charge in [-0.1, -0.05) is 43.3 Å². The van der Waals surface area contributed by atoms with Gasteiger partial charge in [0.1, 0.15) is 5.78 Å². The number of hydrogen-bond acceptors (Lipinski definition) is 6. The molecule has 0 aliphatic heterocycles. The Morgan fingerprint density at radius 1 is 1.29 bits per heavy atom. The Kier molecular flexibility index (Phi) is 8.98. The van der Waals surface area contributed by atoms with Gasteiger partial charge in [0, 0.05) is 31.8 Å². The van der Waals surface area contributed by atoms with Crippen molar-refractivity contribution >= 4 is 11.8 Å². The van der Waals surface area contributed by atoms with Gasteiger partial charge in [0.05, 0.1) is 36.8 Å². The van der Waals surface area contributed by atoms with Crippen LogP contribution in [0, 0.1) is 23.2 Å². The summed E-state index contributed by atoms with van der Waals surface area (Å²) in [4.78, 5) is 24.5. The van der Waals surface area contributed by atoms with Gasteiger partial charge in [0.25, 0.3) is 0 Å². The Balaban J connectivity index is 1.92. The Hall–Kier alpha value is -2.02. The molecule has 6 heteroatoms. The summed E-state index contributed by atoms with van der Waals surface area (Å²) in [5.41, 5.74) is 1.42. The van der Waals surface area contributed by atoms with E-state index in [1.807, 2.05) is 31.2 Å². The van der Waals surface area contributed by atoms with E-state index in [0.29, 0.717) is 13.0 Å². The van der Waals surface area contributed by atoms with E-state index >= 15 is 0 Å². The van der Waals surface area contributed by atoms with Gasteiger partial charge in [0.2, 0.25) is 0 Å². The molecule has 1 aromatic rings.